The molecule has 1 saturated carbocycles. The highest BCUT2D eigenvalue weighted by Crippen LogP contribution is 2.61. The fourth-order valence-electron chi connectivity index (χ4n) is 19.6. The van der Waals surface area contributed by atoms with Crippen LogP contribution >= 0.6 is 0 Å². The first-order valence-electron chi connectivity index (χ1n) is 39.8. The van der Waals surface area contributed by atoms with Gasteiger partial charge >= 0.3 is 0 Å². The molecule has 2 aromatic heterocycles. The number of furan rings is 1. The Morgan fingerprint density at radius 1 is 0.310 bits per heavy atom. The third-order valence-electron chi connectivity index (χ3n) is 24.9. The molecule has 0 amide bonds. The first-order chi connectivity index (χ1) is 55.8. The largest absolute Gasteiger partial charge is 0.454 e. The number of rotatable bonds is 13. The van der Waals surface area contributed by atoms with Gasteiger partial charge in [-0.25, -0.2) is 0 Å². The van der Waals surface area contributed by atoms with Crippen molar-refractivity contribution in [3.8, 4) is 61.3 Å². The van der Waals surface area contributed by atoms with E-state index in [2.05, 4.69) is 429 Å². The van der Waals surface area contributed by atoms with Crippen molar-refractivity contribution in [2.75, 3.05) is 9.80 Å². The molecule has 0 N–H and O–H groups in total. The van der Waals surface area contributed by atoms with Crippen LogP contribution in [0.25, 0.3) is 116 Å². The number of benzene rings is 17. The van der Waals surface area contributed by atoms with E-state index in [0.29, 0.717) is 5.92 Å². The number of para-hydroxylation sites is 3. The minimum Gasteiger partial charge on any atom is -0.454 e. The maximum Gasteiger partial charge on any atom is 0.159 e. The van der Waals surface area contributed by atoms with Crippen molar-refractivity contribution in [2.24, 2.45) is 5.92 Å². The average Bonchev–Trinajstić information content (AvgIpc) is 1.54. The SMILES string of the molecule is CC1(C)c2cc(N(c3ccc4c(c3)C(c3ccccc3)(c3ccccc3)c3ccc(-c5ccccc5)cc3-4)c3ccc4ccccc4c3)ccc2C2CCCC21.c1ccc(-c2ccc(-c3ccc(N(c4ccc(-n5c6ccccc6c6ccccc65)cc4)c4cc(-c5ccccc5)cc5c4oc4ccccc45)cc3)cc2)cc1. The molecule has 0 saturated heterocycles. The molecule has 4 nitrogen and oxygen atoms in total. The Hall–Kier alpha value is -13.8. The van der Waals surface area contributed by atoms with Crippen LogP contribution in [0.1, 0.15) is 72.4 Å². The number of nitrogens with zero attached hydrogens (tertiary/aromatic N) is 3. The van der Waals surface area contributed by atoms with E-state index in [9.17, 15) is 0 Å². The van der Waals surface area contributed by atoms with Gasteiger partial charge in [0.2, 0.25) is 0 Å². The van der Waals surface area contributed by atoms with E-state index >= 15 is 0 Å². The van der Waals surface area contributed by atoms with Gasteiger partial charge in [0.25, 0.3) is 0 Å². The molecule has 2 unspecified atom stereocenters. The van der Waals surface area contributed by atoms with Crippen molar-refractivity contribution in [2.45, 2.75) is 49.9 Å². The molecule has 19 aromatic rings. The molecule has 17 aromatic carbocycles. The minimum absolute atomic E-state index is 0.146. The van der Waals surface area contributed by atoms with Gasteiger partial charge in [-0.3, -0.25) is 0 Å². The zero-order valence-corrected chi connectivity index (χ0v) is 63.2. The van der Waals surface area contributed by atoms with E-state index < -0.39 is 5.41 Å². The van der Waals surface area contributed by atoms with Gasteiger partial charge in [-0.05, 0) is 239 Å². The summed E-state index contributed by atoms with van der Waals surface area (Å²) in [6.45, 7) is 4.99. The lowest BCUT2D eigenvalue weighted by Crippen LogP contribution is -2.28. The molecule has 0 spiro atoms. The van der Waals surface area contributed by atoms with Crippen LogP contribution in [0.5, 0.6) is 0 Å². The van der Waals surface area contributed by atoms with Gasteiger partial charge in [-0.2, -0.15) is 0 Å². The van der Waals surface area contributed by atoms with Crippen LogP contribution in [-0.2, 0) is 10.8 Å². The predicted octanol–water partition coefficient (Wildman–Crippen LogP) is 29.7. The number of fused-ring (bicyclic) bond motifs is 13. The quantitative estimate of drug-likeness (QED) is 0.115. The Morgan fingerprint density at radius 3 is 1.41 bits per heavy atom. The van der Waals surface area contributed by atoms with Crippen LogP contribution in [0.4, 0.5) is 34.1 Å². The number of anilines is 6. The second-order valence-corrected chi connectivity index (χ2v) is 31.4. The van der Waals surface area contributed by atoms with Crippen molar-refractivity contribution in [3.63, 3.8) is 0 Å². The zero-order valence-electron chi connectivity index (χ0n) is 63.2. The normalized spacial score (nSPS) is 14.8. The summed E-state index contributed by atoms with van der Waals surface area (Å²) in [5, 5.41) is 7.18. The van der Waals surface area contributed by atoms with Crippen molar-refractivity contribution < 1.29 is 4.42 Å². The zero-order chi connectivity index (χ0) is 75.1. The highest BCUT2D eigenvalue weighted by molar-refractivity contribution is 6.13. The third kappa shape index (κ3) is 11.4. The second-order valence-electron chi connectivity index (χ2n) is 31.4. The van der Waals surface area contributed by atoms with E-state index in [1.165, 1.54) is 136 Å². The van der Waals surface area contributed by atoms with Crippen molar-refractivity contribution in [1.29, 1.82) is 0 Å². The molecule has 4 heteroatoms. The van der Waals surface area contributed by atoms with E-state index in [1.54, 1.807) is 5.56 Å². The molecular weight excluding hydrogens is 1370 g/mol. The summed E-state index contributed by atoms with van der Waals surface area (Å²) < 4.78 is 9.14. The monoisotopic (exact) mass is 1450 g/mol. The standard InChI is InChI=1S/C55H45N.C54H36N2O/c1-54(2)50-24-14-23-46(50)47-30-28-44(35-52(47)54)56(43-27-25-38-17-12-13-18-39(38)33-43)45-29-31-48-49-34-40(37-15-6-3-7-16-37)26-32-51(49)55(53(48)36-45,41-19-8-4-9-20-41)42-21-10-5-11-22-42;1-3-13-37(14-4-1)39-23-25-40(26-24-39)41-27-29-43(30-28-41)55(44-31-33-45(34-32-44)56-50-20-10-7-17-46(50)47-18-8-11-21-51(47)56)52-36-42(38-15-5-2-6-16-38)35-49-48-19-9-12-22-53(48)57-54(49)52/h3-13,15-22,25-36,46,50H,14,23-24H2,1-2H3;1-36H. The van der Waals surface area contributed by atoms with Gasteiger partial charge in [0.05, 0.1) is 22.1 Å². The molecule has 0 bridgehead atoms. The summed E-state index contributed by atoms with van der Waals surface area (Å²) in [4.78, 5) is 4.87. The molecule has 3 aliphatic rings. The molecule has 22 rings (SSSR count). The fraction of sp³-hybridized carbons (Fsp3) is 0.0826. The lowest BCUT2D eigenvalue weighted by Gasteiger charge is -2.35. The number of aromatic nitrogens is 1. The highest BCUT2D eigenvalue weighted by atomic mass is 16.3. The van der Waals surface area contributed by atoms with Crippen molar-refractivity contribution in [3.05, 3.63) is 440 Å². The van der Waals surface area contributed by atoms with E-state index in [1.807, 2.05) is 6.07 Å². The van der Waals surface area contributed by atoms with Crippen LogP contribution < -0.4 is 9.80 Å². The Balaban J connectivity index is 0.000000142. The summed E-state index contributed by atoms with van der Waals surface area (Å²) >= 11 is 0. The molecular formula is C109H81N3O. The van der Waals surface area contributed by atoms with Crippen LogP contribution in [0.2, 0.25) is 0 Å². The lowest BCUT2D eigenvalue weighted by molar-refractivity contribution is 0.334. The summed E-state index contributed by atoms with van der Waals surface area (Å²) in [5.74, 6) is 1.40. The summed E-state index contributed by atoms with van der Waals surface area (Å²) in [6.07, 6.45) is 3.99. The van der Waals surface area contributed by atoms with Gasteiger partial charge in [0.1, 0.15) is 5.58 Å². The summed E-state index contributed by atoms with van der Waals surface area (Å²) in [7, 11) is 0. The van der Waals surface area contributed by atoms with Gasteiger partial charge in [0, 0.05) is 55.7 Å². The predicted molar refractivity (Wildman–Crippen MR) is 474 cm³/mol. The second kappa shape index (κ2) is 27.6. The molecule has 1 fully saturated rings. The van der Waals surface area contributed by atoms with E-state index in [0.717, 1.165) is 67.3 Å². The van der Waals surface area contributed by atoms with Gasteiger partial charge in [-0.1, -0.05) is 318 Å². The summed E-state index contributed by atoms with van der Waals surface area (Å²) in [6, 6.07) is 149. The molecule has 538 valence electrons. The molecule has 0 aliphatic heterocycles. The molecule has 3 aliphatic carbocycles. The smallest absolute Gasteiger partial charge is 0.159 e. The summed E-state index contributed by atoms with van der Waals surface area (Å²) in [5.41, 5.74) is 31.8. The van der Waals surface area contributed by atoms with Gasteiger partial charge < -0.3 is 18.8 Å². The van der Waals surface area contributed by atoms with Crippen molar-refractivity contribution in [1.82, 2.24) is 4.57 Å². The van der Waals surface area contributed by atoms with Crippen LogP contribution in [0.15, 0.2) is 411 Å². The van der Waals surface area contributed by atoms with E-state index in [4.69, 9.17) is 4.42 Å². The molecule has 2 atom stereocenters. The fourth-order valence-corrected chi connectivity index (χ4v) is 19.6. The van der Waals surface area contributed by atoms with E-state index in [-0.39, 0.29) is 5.41 Å². The number of hydrogen-bond acceptors (Lipinski definition) is 3. The maximum absolute atomic E-state index is 6.77. The Kier molecular flexibility index (Phi) is 16.5. The number of hydrogen-bond donors (Lipinski definition) is 0. The van der Waals surface area contributed by atoms with Crippen LogP contribution in [-0.4, -0.2) is 4.57 Å². The first-order valence-corrected chi connectivity index (χ1v) is 39.8. The first kappa shape index (κ1) is 67.3. The Bertz CT molecular complexity index is 6690. The average molecular weight is 1450 g/mol. The maximum atomic E-state index is 6.77. The van der Waals surface area contributed by atoms with Gasteiger partial charge in [-0.15, -0.1) is 0 Å². The van der Waals surface area contributed by atoms with Crippen LogP contribution in [0, 0.1) is 5.92 Å². The highest BCUT2D eigenvalue weighted by Gasteiger charge is 2.49. The Labute approximate surface area is 660 Å². The van der Waals surface area contributed by atoms with Crippen LogP contribution in [0.3, 0.4) is 0 Å². The minimum atomic E-state index is -0.509. The molecule has 2 heterocycles. The molecule has 0 radical (unpaired) electrons. The van der Waals surface area contributed by atoms with Crippen molar-refractivity contribution >= 4 is 88.6 Å². The lowest BCUT2D eigenvalue weighted by atomic mass is 9.67. The molecule has 113 heavy (non-hydrogen) atoms. The Morgan fingerprint density at radius 2 is 0.779 bits per heavy atom. The van der Waals surface area contributed by atoms with Gasteiger partial charge in [0.15, 0.2) is 5.58 Å². The third-order valence-corrected chi connectivity index (χ3v) is 24.9. The topological polar surface area (TPSA) is 24.6 Å².